The molecule has 1 aliphatic heterocycles. The lowest BCUT2D eigenvalue weighted by Gasteiger charge is -2.16. The van der Waals surface area contributed by atoms with Crippen LogP contribution in [0.3, 0.4) is 0 Å². The number of rotatable bonds is 9. The van der Waals surface area contributed by atoms with Crippen molar-refractivity contribution >= 4 is 0 Å². The van der Waals surface area contributed by atoms with Gasteiger partial charge < -0.3 is 19.1 Å². The van der Waals surface area contributed by atoms with Gasteiger partial charge >= 0.3 is 0 Å². The molecule has 1 atom stereocenters. The van der Waals surface area contributed by atoms with Crippen LogP contribution in [0.15, 0.2) is 24.3 Å². The molecule has 4 heteroatoms. The first-order valence-electron chi connectivity index (χ1n) is 7.73. The maximum Gasteiger partial charge on any atom is 0.118 e. The number of ether oxygens (including phenoxy) is 3. The highest BCUT2D eigenvalue weighted by Gasteiger charge is 2.22. The topological polar surface area (TPSA) is 30.9 Å². The van der Waals surface area contributed by atoms with Gasteiger partial charge in [-0.05, 0) is 43.0 Å². The average molecular weight is 293 g/mol. The number of hydrogen-bond acceptors (Lipinski definition) is 4. The predicted molar refractivity (Wildman–Crippen MR) is 83.9 cm³/mol. The summed E-state index contributed by atoms with van der Waals surface area (Å²) in [5.74, 6) is 1.69. The number of benzene rings is 1. The molecule has 0 bridgehead atoms. The normalized spacial score (nSPS) is 19.0. The Kier molecular flexibility index (Phi) is 7.00. The molecular weight excluding hydrogens is 266 g/mol. The second-order valence-electron chi connectivity index (χ2n) is 5.61. The van der Waals surface area contributed by atoms with E-state index in [1.165, 1.54) is 25.1 Å². The molecule has 1 heterocycles. The summed E-state index contributed by atoms with van der Waals surface area (Å²) in [6.45, 7) is 5.58. The number of methoxy groups -OCH3 is 2. The van der Waals surface area contributed by atoms with Crippen LogP contribution in [0.4, 0.5) is 0 Å². The lowest BCUT2D eigenvalue weighted by molar-refractivity contribution is 0.0599. The van der Waals surface area contributed by atoms with E-state index in [2.05, 4.69) is 17.0 Å². The van der Waals surface area contributed by atoms with Gasteiger partial charge in [-0.15, -0.1) is 0 Å². The molecule has 1 fully saturated rings. The first kappa shape index (κ1) is 16.3. The Balaban J connectivity index is 1.65. The second-order valence-corrected chi connectivity index (χ2v) is 5.61. The average Bonchev–Trinajstić information content (AvgIpc) is 2.95. The Labute approximate surface area is 128 Å². The molecule has 1 aliphatic rings. The summed E-state index contributed by atoms with van der Waals surface area (Å²) in [5, 5.41) is 0. The minimum atomic E-state index is 0.681. The molecule has 0 spiro atoms. The third-order valence-corrected chi connectivity index (χ3v) is 4.04. The fourth-order valence-electron chi connectivity index (χ4n) is 2.82. The quantitative estimate of drug-likeness (QED) is 0.653. The van der Waals surface area contributed by atoms with Crippen molar-refractivity contribution in [1.82, 2.24) is 4.90 Å². The zero-order valence-corrected chi connectivity index (χ0v) is 13.2. The molecule has 2 rings (SSSR count). The van der Waals surface area contributed by atoms with Gasteiger partial charge in [0.15, 0.2) is 0 Å². The molecule has 21 heavy (non-hydrogen) atoms. The predicted octanol–water partition coefficient (Wildman–Crippen LogP) is 2.22. The molecule has 4 nitrogen and oxygen atoms in total. The van der Waals surface area contributed by atoms with E-state index in [0.717, 1.165) is 31.2 Å². The second kappa shape index (κ2) is 9.03. The number of hydrogen-bond donors (Lipinski definition) is 0. The van der Waals surface area contributed by atoms with Crippen molar-refractivity contribution in [1.29, 1.82) is 0 Å². The van der Waals surface area contributed by atoms with Gasteiger partial charge in [0, 0.05) is 20.2 Å². The Bertz CT molecular complexity index is 394. The van der Waals surface area contributed by atoms with E-state index in [-0.39, 0.29) is 0 Å². The molecule has 1 aromatic rings. The molecule has 1 unspecified atom stereocenters. The van der Waals surface area contributed by atoms with Crippen LogP contribution in [0.1, 0.15) is 12.0 Å². The maximum absolute atomic E-state index is 5.53. The summed E-state index contributed by atoms with van der Waals surface area (Å²) >= 11 is 0. The molecule has 0 amide bonds. The number of likely N-dealkylation sites (tertiary alicyclic amines) is 1. The van der Waals surface area contributed by atoms with Gasteiger partial charge in [-0.2, -0.15) is 0 Å². The van der Waals surface area contributed by atoms with Crippen molar-refractivity contribution in [2.75, 3.05) is 53.7 Å². The fourth-order valence-corrected chi connectivity index (χ4v) is 2.82. The smallest absolute Gasteiger partial charge is 0.118 e. The van der Waals surface area contributed by atoms with Crippen molar-refractivity contribution in [2.45, 2.75) is 12.8 Å². The maximum atomic E-state index is 5.53. The molecule has 118 valence electrons. The molecule has 0 radical (unpaired) electrons. The van der Waals surface area contributed by atoms with Gasteiger partial charge in [0.25, 0.3) is 0 Å². The largest absolute Gasteiger partial charge is 0.497 e. The first-order valence-corrected chi connectivity index (χ1v) is 7.73. The van der Waals surface area contributed by atoms with E-state index in [4.69, 9.17) is 14.2 Å². The molecule has 0 aromatic heterocycles. The molecule has 0 aliphatic carbocycles. The summed E-state index contributed by atoms with van der Waals surface area (Å²) in [6.07, 6.45) is 2.44. The van der Waals surface area contributed by atoms with Crippen molar-refractivity contribution in [2.24, 2.45) is 5.92 Å². The van der Waals surface area contributed by atoms with Crippen LogP contribution in [0.25, 0.3) is 0 Å². The van der Waals surface area contributed by atoms with E-state index in [0.29, 0.717) is 13.2 Å². The van der Waals surface area contributed by atoms with Crippen LogP contribution in [-0.4, -0.2) is 58.6 Å². The van der Waals surface area contributed by atoms with Gasteiger partial charge in [0.1, 0.15) is 5.75 Å². The van der Waals surface area contributed by atoms with Gasteiger partial charge in [-0.3, -0.25) is 0 Å². The third-order valence-electron chi connectivity index (χ3n) is 4.04. The van der Waals surface area contributed by atoms with Crippen molar-refractivity contribution < 1.29 is 14.2 Å². The molecule has 1 saturated heterocycles. The Morgan fingerprint density at radius 1 is 1.10 bits per heavy atom. The summed E-state index contributed by atoms with van der Waals surface area (Å²) in [6, 6.07) is 8.45. The first-order chi connectivity index (χ1) is 10.3. The van der Waals surface area contributed by atoms with E-state index in [1.807, 2.05) is 12.1 Å². The van der Waals surface area contributed by atoms with Crippen LogP contribution in [0, 0.1) is 5.92 Å². The Morgan fingerprint density at radius 3 is 2.62 bits per heavy atom. The highest BCUT2D eigenvalue weighted by molar-refractivity contribution is 5.27. The van der Waals surface area contributed by atoms with Gasteiger partial charge in [-0.1, -0.05) is 12.1 Å². The molecule has 1 aromatic carbocycles. The Morgan fingerprint density at radius 2 is 1.90 bits per heavy atom. The van der Waals surface area contributed by atoms with Crippen molar-refractivity contribution in [3.8, 4) is 5.75 Å². The minimum Gasteiger partial charge on any atom is -0.497 e. The Hall–Kier alpha value is -1.10. The third kappa shape index (κ3) is 5.65. The van der Waals surface area contributed by atoms with E-state index < -0.39 is 0 Å². The van der Waals surface area contributed by atoms with Crippen molar-refractivity contribution in [3.63, 3.8) is 0 Å². The van der Waals surface area contributed by atoms with E-state index in [1.54, 1.807) is 14.2 Å². The van der Waals surface area contributed by atoms with Crippen LogP contribution in [0.5, 0.6) is 5.75 Å². The zero-order valence-electron chi connectivity index (χ0n) is 13.2. The monoisotopic (exact) mass is 293 g/mol. The van der Waals surface area contributed by atoms with Crippen LogP contribution in [-0.2, 0) is 15.9 Å². The zero-order chi connectivity index (χ0) is 14.9. The summed E-state index contributed by atoms with van der Waals surface area (Å²) in [5.41, 5.74) is 1.40. The summed E-state index contributed by atoms with van der Waals surface area (Å²) in [4.78, 5) is 2.50. The minimum absolute atomic E-state index is 0.681. The highest BCUT2D eigenvalue weighted by Crippen LogP contribution is 2.21. The van der Waals surface area contributed by atoms with Crippen LogP contribution < -0.4 is 4.74 Å². The van der Waals surface area contributed by atoms with E-state index in [9.17, 15) is 0 Å². The standard InChI is InChI=1S/C17H27NO3/c1-19-11-12-21-10-9-18-8-7-16(14-18)13-15-3-5-17(20-2)6-4-15/h3-6,16H,7-14H2,1-2H3. The van der Waals surface area contributed by atoms with Crippen molar-refractivity contribution in [3.05, 3.63) is 29.8 Å². The van der Waals surface area contributed by atoms with Gasteiger partial charge in [0.05, 0.1) is 26.9 Å². The lowest BCUT2D eigenvalue weighted by Crippen LogP contribution is -2.26. The molecular formula is C17H27NO3. The lowest BCUT2D eigenvalue weighted by atomic mass is 9.99. The highest BCUT2D eigenvalue weighted by atomic mass is 16.5. The van der Waals surface area contributed by atoms with Gasteiger partial charge in [0.2, 0.25) is 0 Å². The number of nitrogens with zero attached hydrogens (tertiary/aromatic N) is 1. The van der Waals surface area contributed by atoms with E-state index >= 15 is 0 Å². The van der Waals surface area contributed by atoms with Crippen LogP contribution in [0.2, 0.25) is 0 Å². The molecule has 0 N–H and O–H groups in total. The molecule has 0 saturated carbocycles. The van der Waals surface area contributed by atoms with Crippen LogP contribution >= 0.6 is 0 Å². The van der Waals surface area contributed by atoms with Gasteiger partial charge in [-0.25, -0.2) is 0 Å². The fraction of sp³-hybridized carbons (Fsp3) is 0.647. The SMILES string of the molecule is COCCOCCN1CCC(Cc2ccc(OC)cc2)C1. The summed E-state index contributed by atoms with van der Waals surface area (Å²) in [7, 11) is 3.41. The summed E-state index contributed by atoms with van der Waals surface area (Å²) < 4.78 is 15.7.